The smallest absolute Gasteiger partial charge is 0.240 e. The van der Waals surface area contributed by atoms with Crippen LogP contribution >= 0.6 is 0 Å². The van der Waals surface area contributed by atoms with Crippen molar-refractivity contribution in [3.8, 4) is 0 Å². The molecule has 2 fully saturated rings. The van der Waals surface area contributed by atoms with Crippen molar-refractivity contribution in [1.29, 1.82) is 0 Å². The van der Waals surface area contributed by atoms with Gasteiger partial charge >= 0.3 is 0 Å². The fourth-order valence-corrected chi connectivity index (χ4v) is 3.66. The highest BCUT2D eigenvalue weighted by atomic mass is 16.2. The minimum absolute atomic E-state index is 0.0903. The molecule has 1 aliphatic carbocycles. The first-order chi connectivity index (χ1) is 8.11. The average molecular weight is 238 g/mol. The lowest BCUT2D eigenvalue weighted by Crippen LogP contribution is -2.45. The first-order valence-corrected chi connectivity index (χ1v) is 7.15. The van der Waals surface area contributed by atoms with E-state index in [4.69, 9.17) is 0 Å². The minimum Gasteiger partial charge on any atom is -0.338 e. The van der Waals surface area contributed by atoms with Gasteiger partial charge in [0.1, 0.15) is 0 Å². The summed E-state index contributed by atoms with van der Waals surface area (Å²) in [5.74, 6) is 1.89. The molecule has 0 spiro atoms. The van der Waals surface area contributed by atoms with Crippen LogP contribution in [0.25, 0.3) is 0 Å². The Morgan fingerprint density at radius 2 is 1.88 bits per heavy atom. The molecule has 17 heavy (non-hydrogen) atoms. The maximum atomic E-state index is 12.3. The van der Waals surface area contributed by atoms with Gasteiger partial charge in [-0.25, -0.2) is 0 Å². The molecule has 1 amide bonds. The molecule has 1 saturated heterocycles. The molecule has 0 radical (unpaired) electrons. The zero-order valence-electron chi connectivity index (χ0n) is 11.4. The normalized spacial score (nSPS) is 38.8. The van der Waals surface area contributed by atoms with Crippen LogP contribution in [0.2, 0.25) is 0 Å². The fourth-order valence-electron chi connectivity index (χ4n) is 3.66. The van der Waals surface area contributed by atoms with E-state index in [0.29, 0.717) is 11.9 Å². The van der Waals surface area contributed by atoms with E-state index in [1.165, 1.54) is 19.3 Å². The van der Waals surface area contributed by atoms with Crippen molar-refractivity contribution in [2.75, 3.05) is 13.1 Å². The molecule has 1 aliphatic heterocycles. The third kappa shape index (κ3) is 2.82. The second-order valence-electron chi connectivity index (χ2n) is 6.00. The summed E-state index contributed by atoms with van der Waals surface area (Å²) in [6.45, 7) is 8.57. The lowest BCUT2D eigenvalue weighted by molar-refractivity contribution is -0.132. The van der Waals surface area contributed by atoms with Crippen LogP contribution in [0.4, 0.5) is 0 Å². The Kier molecular flexibility index (Phi) is 4.08. The number of amides is 1. The topological polar surface area (TPSA) is 32.3 Å². The maximum Gasteiger partial charge on any atom is 0.240 e. The highest BCUT2D eigenvalue weighted by Crippen LogP contribution is 2.33. The average Bonchev–Trinajstić information content (AvgIpc) is 2.60. The number of hydrogen-bond donors (Lipinski definition) is 1. The van der Waals surface area contributed by atoms with Gasteiger partial charge in [0.25, 0.3) is 0 Å². The van der Waals surface area contributed by atoms with Crippen molar-refractivity contribution in [3.05, 3.63) is 0 Å². The van der Waals surface area contributed by atoms with Gasteiger partial charge in [-0.3, -0.25) is 4.79 Å². The van der Waals surface area contributed by atoms with Gasteiger partial charge in [-0.15, -0.1) is 0 Å². The Hall–Kier alpha value is -0.570. The Morgan fingerprint density at radius 1 is 1.24 bits per heavy atom. The monoisotopic (exact) mass is 238 g/mol. The van der Waals surface area contributed by atoms with Gasteiger partial charge in [0, 0.05) is 12.6 Å². The van der Waals surface area contributed by atoms with Crippen molar-refractivity contribution in [3.63, 3.8) is 0 Å². The number of nitrogens with one attached hydrogen (secondary N) is 1. The van der Waals surface area contributed by atoms with Gasteiger partial charge in [-0.05, 0) is 44.1 Å². The summed E-state index contributed by atoms with van der Waals surface area (Å²) >= 11 is 0. The Balaban J connectivity index is 1.96. The molecule has 0 aromatic heterocycles. The molecule has 3 heteroatoms. The molecule has 98 valence electrons. The predicted octanol–water partition coefficient (Wildman–Crippen LogP) is 2.02. The van der Waals surface area contributed by atoms with E-state index in [1.54, 1.807) is 0 Å². The van der Waals surface area contributed by atoms with Crippen LogP contribution in [0.5, 0.6) is 0 Å². The maximum absolute atomic E-state index is 12.3. The lowest BCUT2D eigenvalue weighted by Gasteiger charge is -2.37. The Labute approximate surface area is 105 Å². The van der Waals surface area contributed by atoms with Gasteiger partial charge in [0.05, 0.1) is 6.04 Å². The number of hydrogen-bond acceptors (Lipinski definition) is 2. The molecule has 0 bridgehead atoms. The number of nitrogens with zero attached hydrogens (tertiary/aromatic N) is 1. The number of carbonyl (C=O) groups excluding carboxylic acids is 1. The SMILES string of the molecule is CCNC1CCN(C2CC(C)CC(C)C2)C1=O. The van der Waals surface area contributed by atoms with Crippen molar-refractivity contribution < 1.29 is 4.79 Å². The lowest BCUT2D eigenvalue weighted by atomic mass is 9.80. The van der Waals surface area contributed by atoms with E-state index in [-0.39, 0.29) is 6.04 Å². The summed E-state index contributed by atoms with van der Waals surface area (Å²) in [5.41, 5.74) is 0. The van der Waals surface area contributed by atoms with Crippen molar-refractivity contribution in [2.45, 2.75) is 58.5 Å². The summed E-state index contributed by atoms with van der Waals surface area (Å²) < 4.78 is 0. The van der Waals surface area contributed by atoms with Crippen molar-refractivity contribution >= 4 is 5.91 Å². The van der Waals surface area contributed by atoms with Crippen LogP contribution in [-0.4, -0.2) is 36.0 Å². The van der Waals surface area contributed by atoms with Gasteiger partial charge in [-0.2, -0.15) is 0 Å². The summed E-state index contributed by atoms with van der Waals surface area (Å²) in [6.07, 6.45) is 4.73. The highest BCUT2D eigenvalue weighted by molar-refractivity contribution is 5.84. The van der Waals surface area contributed by atoms with E-state index in [0.717, 1.165) is 31.3 Å². The number of carbonyl (C=O) groups is 1. The number of rotatable bonds is 3. The molecule has 3 nitrogen and oxygen atoms in total. The summed E-state index contributed by atoms with van der Waals surface area (Å²) in [5, 5.41) is 3.29. The standard InChI is InChI=1S/C14H26N2O/c1-4-15-13-5-6-16(14(13)17)12-8-10(2)7-11(3)9-12/h10-13,15H,4-9H2,1-3H3. The van der Waals surface area contributed by atoms with E-state index >= 15 is 0 Å². The summed E-state index contributed by atoms with van der Waals surface area (Å²) in [6, 6.07) is 0.595. The van der Waals surface area contributed by atoms with Crippen LogP contribution in [0.1, 0.15) is 46.5 Å². The van der Waals surface area contributed by atoms with E-state index in [2.05, 4.69) is 31.0 Å². The van der Waals surface area contributed by atoms with Gasteiger partial charge in [0.2, 0.25) is 5.91 Å². The molecule has 0 aromatic rings. The van der Waals surface area contributed by atoms with Crippen LogP contribution in [0.15, 0.2) is 0 Å². The summed E-state index contributed by atoms with van der Waals surface area (Å²) in [7, 11) is 0. The molecule has 1 heterocycles. The Morgan fingerprint density at radius 3 is 2.47 bits per heavy atom. The molecule has 2 aliphatic rings. The number of likely N-dealkylation sites (N-methyl/N-ethyl adjacent to an activating group) is 1. The first-order valence-electron chi connectivity index (χ1n) is 7.15. The third-order valence-electron chi connectivity index (χ3n) is 4.28. The van der Waals surface area contributed by atoms with Crippen molar-refractivity contribution in [1.82, 2.24) is 10.2 Å². The van der Waals surface area contributed by atoms with Crippen LogP contribution in [0.3, 0.4) is 0 Å². The molecule has 1 N–H and O–H groups in total. The van der Waals surface area contributed by atoms with Crippen LogP contribution in [0, 0.1) is 11.8 Å². The zero-order valence-corrected chi connectivity index (χ0v) is 11.4. The second-order valence-corrected chi connectivity index (χ2v) is 6.00. The third-order valence-corrected chi connectivity index (χ3v) is 4.28. The van der Waals surface area contributed by atoms with E-state index in [9.17, 15) is 4.79 Å². The van der Waals surface area contributed by atoms with Crippen LogP contribution in [-0.2, 0) is 4.79 Å². The predicted molar refractivity (Wildman–Crippen MR) is 69.8 cm³/mol. The zero-order chi connectivity index (χ0) is 12.4. The second kappa shape index (κ2) is 5.38. The van der Waals surface area contributed by atoms with E-state index < -0.39 is 0 Å². The summed E-state index contributed by atoms with van der Waals surface area (Å²) in [4.78, 5) is 14.4. The quantitative estimate of drug-likeness (QED) is 0.816. The Bertz CT molecular complexity index is 269. The van der Waals surface area contributed by atoms with Crippen molar-refractivity contribution in [2.24, 2.45) is 11.8 Å². The van der Waals surface area contributed by atoms with Gasteiger partial charge < -0.3 is 10.2 Å². The number of likely N-dealkylation sites (tertiary alicyclic amines) is 1. The molecular formula is C14H26N2O. The van der Waals surface area contributed by atoms with Gasteiger partial charge in [0.15, 0.2) is 0 Å². The molecule has 1 saturated carbocycles. The molecule has 0 aromatic carbocycles. The molecule has 3 atom stereocenters. The highest BCUT2D eigenvalue weighted by Gasteiger charge is 2.37. The molecular weight excluding hydrogens is 212 g/mol. The van der Waals surface area contributed by atoms with E-state index in [1.807, 2.05) is 0 Å². The molecule has 3 unspecified atom stereocenters. The van der Waals surface area contributed by atoms with Gasteiger partial charge in [-0.1, -0.05) is 20.8 Å². The first kappa shape index (κ1) is 12.9. The fraction of sp³-hybridized carbons (Fsp3) is 0.929. The largest absolute Gasteiger partial charge is 0.338 e. The molecule has 2 rings (SSSR count). The van der Waals surface area contributed by atoms with Crippen LogP contribution < -0.4 is 5.32 Å². The minimum atomic E-state index is 0.0903.